The molecule has 1 amide bonds. The number of fused-ring (bicyclic) bond motifs is 1. The number of carbonyl (C=O) groups is 1. The average Bonchev–Trinajstić information content (AvgIpc) is 2.84. The maximum atomic E-state index is 12.2. The Morgan fingerprint density at radius 1 is 1.21 bits per heavy atom. The van der Waals surface area contributed by atoms with Crippen LogP contribution in [0.5, 0.6) is 0 Å². The lowest BCUT2D eigenvalue weighted by atomic mass is 10.1. The zero-order valence-corrected chi connectivity index (χ0v) is 14.0. The van der Waals surface area contributed by atoms with Gasteiger partial charge in [0.25, 0.3) is 0 Å². The zero-order chi connectivity index (χ0) is 17.3. The monoisotopic (exact) mass is 345 g/mol. The van der Waals surface area contributed by atoms with Crippen LogP contribution in [-0.2, 0) is 11.3 Å². The summed E-state index contributed by atoms with van der Waals surface area (Å²) in [5.41, 5.74) is 1.59. The van der Waals surface area contributed by atoms with Crippen LogP contribution in [0.4, 0.5) is 0 Å². The lowest BCUT2D eigenvalue weighted by Crippen LogP contribution is -2.34. The van der Waals surface area contributed by atoms with Crippen LogP contribution in [0.3, 0.4) is 0 Å². The van der Waals surface area contributed by atoms with Crippen LogP contribution in [0, 0.1) is 6.92 Å². The van der Waals surface area contributed by atoms with Gasteiger partial charge in [0.2, 0.25) is 5.91 Å². The van der Waals surface area contributed by atoms with E-state index < -0.39 is 5.69 Å². The molecule has 24 heavy (non-hydrogen) atoms. The van der Waals surface area contributed by atoms with E-state index in [0.29, 0.717) is 16.4 Å². The van der Waals surface area contributed by atoms with Gasteiger partial charge in [0.05, 0.1) is 11.7 Å². The fraction of sp³-hybridized carbons (Fsp3) is 0.250. The minimum Gasteiger partial charge on any atom is -0.348 e. The van der Waals surface area contributed by atoms with Crippen LogP contribution in [0.15, 0.2) is 41.2 Å². The molecule has 0 aliphatic rings. The van der Waals surface area contributed by atoms with E-state index in [2.05, 4.69) is 15.5 Å². The number of hydrogen-bond donors (Lipinski definition) is 1. The van der Waals surface area contributed by atoms with Crippen molar-refractivity contribution in [2.24, 2.45) is 0 Å². The van der Waals surface area contributed by atoms with Crippen LogP contribution in [-0.4, -0.2) is 25.3 Å². The lowest BCUT2D eigenvalue weighted by Gasteiger charge is -2.14. The maximum Gasteiger partial charge on any atom is 0.367 e. The fourth-order valence-corrected chi connectivity index (χ4v) is 2.49. The molecule has 0 spiro atoms. The summed E-state index contributed by atoms with van der Waals surface area (Å²) in [6, 6.07) is 10.5. The smallest absolute Gasteiger partial charge is 0.348 e. The van der Waals surface area contributed by atoms with Crippen molar-refractivity contribution in [3.8, 4) is 0 Å². The van der Waals surface area contributed by atoms with Crippen molar-refractivity contribution in [3.63, 3.8) is 0 Å². The number of aromatic nitrogens is 4. The highest BCUT2D eigenvalue weighted by Crippen LogP contribution is 2.15. The molecule has 8 heteroatoms. The Bertz CT molecular complexity index is 945. The van der Waals surface area contributed by atoms with Gasteiger partial charge in [0.1, 0.15) is 6.54 Å². The first-order valence-electron chi connectivity index (χ1n) is 7.42. The maximum absolute atomic E-state index is 12.2. The van der Waals surface area contributed by atoms with E-state index in [1.54, 1.807) is 31.2 Å². The summed E-state index contributed by atoms with van der Waals surface area (Å²) in [7, 11) is 0. The van der Waals surface area contributed by atoms with Gasteiger partial charge in [0.15, 0.2) is 5.65 Å². The molecule has 1 aromatic carbocycles. The van der Waals surface area contributed by atoms with Crippen molar-refractivity contribution >= 4 is 23.2 Å². The predicted molar refractivity (Wildman–Crippen MR) is 90.0 cm³/mol. The molecule has 0 fully saturated rings. The summed E-state index contributed by atoms with van der Waals surface area (Å²) in [6.07, 6.45) is 0. The van der Waals surface area contributed by atoms with E-state index >= 15 is 0 Å². The fourth-order valence-electron chi connectivity index (χ4n) is 2.36. The Labute approximate surface area is 142 Å². The molecule has 0 saturated heterocycles. The molecule has 0 bridgehead atoms. The van der Waals surface area contributed by atoms with Crippen LogP contribution in [0.2, 0.25) is 5.02 Å². The molecule has 0 radical (unpaired) electrons. The van der Waals surface area contributed by atoms with E-state index in [1.807, 2.05) is 19.1 Å². The van der Waals surface area contributed by atoms with Gasteiger partial charge in [-0.25, -0.2) is 9.48 Å². The van der Waals surface area contributed by atoms with Gasteiger partial charge in [0, 0.05) is 5.02 Å². The molecule has 124 valence electrons. The molecule has 0 saturated carbocycles. The van der Waals surface area contributed by atoms with Crippen molar-refractivity contribution in [1.29, 1.82) is 0 Å². The largest absolute Gasteiger partial charge is 0.367 e. The van der Waals surface area contributed by atoms with E-state index in [9.17, 15) is 9.59 Å². The molecule has 3 rings (SSSR count). The second-order valence-electron chi connectivity index (χ2n) is 5.53. The third-order valence-corrected chi connectivity index (χ3v) is 3.87. The molecule has 1 N–H and O–H groups in total. The molecule has 2 aromatic heterocycles. The molecule has 0 aliphatic heterocycles. The van der Waals surface area contributed by atoms with Gasteiger partial charge >= 0.3 is 5.69 Å². The van der Waals surface area contributed by atoms with E-state index in [1.165, 1.54) is 4.52 Å². The minimum absolute atomic E-state index is 0.167. The molecular weight excluding hydrogens is 330 g/mol. The van der Waals surface area contributed by atoms with Crippen LogP contribution >= 0.6 is 11.6 Å². The second-order valence-corrected chi connectivity index (χ2v) is 5.96. The number of rotatable bonds is 4. The SMILES string of the molecule is Cc1ccc2nn(CC(=O)N[C@@H](C)c3ccc(Cl)cc3)c(=O)n2n1. The normalized spacial score (nSPS) is 12.3. The highest BCUT2D eigenvalue weighted by atomic mass is 35.5. The number of aryl methyl sites for hydroxylation is 1. The Morgan fingerprint density at radius 2 is 1.92 bits per heavy atom. The van der Waals surface area contributed by atoms with Crippen LogP contribution in [0.1, 0.15) is 24.2 Å². The first-order valence-corrected chi connectivity index (χ1v) is 7.80. The van der Waals surface area contributed by atoms with Crippen molar-refractivity contribution in [2.45, 2.75) is 26.4 Å². The summed E-state index contributed by atoms with van der Waals surface area (Å²) in [4.78, 5) is 24.4. The summed E-state index contributed by atoms with van der Waals surface area (Å²) < 4.78 is 2.29. The van der Waals surface area contributed by atoms with Crippen molar-refractivity contribution < 1.29 is 4.79 Å². The lowest BCUT2D eigenvalue weighted by molar-refractivity contribution is -0.122. The highest BCUT2D eigenvalue weighted by molar-refractivity contribution is 6.30. The third kappa shape index (κ3) is 3.30. The number of benzene rings is 1. The molecule has 0 aliphatic carbocycles. The number of amides is 1. The first kappa shape index (κ1) is 16.2. The molecule has 1 atom stereocenters. The van der Waals surface area contributed by atoms with Gasteiger partial charge in [-0.2, -0.15) is 9.61 Å². The number of nitrogens with zero attached hydrogens (tertiary/aromatic N) is 4. The van der Waals surface area contributed by atoms with Crippen molar-refractivity contribution in [2.75, 3.05) is 0 Å². The Hall–Kier alpha value is -2.67. The van der Waals surface area contributed by atoms with E-state index in [-0.39, 0.29) is 18.5 Å². The molecule has 2 heterocycles. The van der Waals surface area contributed by atoms with E-state index in [0.717, 1.165) is 10.2 Å². The minimum atomic E-state index is -0.442. The number of carbonyl (C=O) groups excluding carboxylic acids is 1. The predicted octanol–water partition coefficient (Wildman–Crippen LogP) is 1.73. The molecule has 0 unspecified atom stereocenters. The first-order chi connectivity index (χ1) is 11.4. The Balaban J connectivity index is 1.74. The summed E-state index contributed by atoms with van der Waals surface area (Å²) in [5, 5.41) is 11.7. The van der Waals surface area contributed by atoms with Gasteiger partial charge in [-0.05, 0) is 43.7 Å². The number of hydrogen-bond acceptors (Lipinski definition) is 4. The van der Waals surface area contributed by atoms with Gasteiger partial charge < -0.3 is 5.32 Å². The summed E-state index contributed by atoms with van der Waals surface area (Å²) in [5.74, 6) is -0.306. The molecule has 7 nitrogen and oxygen atoms in total. The molecular formula is C16H16ClN5O2. The second kappa shape index (κ2) is 6.45. The molecule has 3 aromatic rings. The van der Waals surface area contributed by atoms with Gasteiger partial charge in [-0.15, -0.1) is 5.10 Å². The highest BCUT2D eigenvalue weighted by Gasteiger charge is 2.14. The van der Waals surface area contributed by atoms with Crippen LogP contribution in [0.25, 0.3) is 5.65 Å². The zero-order valence-electron chi connectivity index (χ0n) is 13.2. The van der Waals surface area contributed by atoms with E-state index in [4.69, 9.17) is 11.6 Å². The quantitative estimate of drug-likeness (QED) is 0.780. The standard InChI is InChI=1S/C16H16ClN5O2/c1-10-3-8-14-20-21(16(24)22(14)19-10)9-15(23)18-11(2)12-4-6-13(17)7-5-12/h3-8,11H,9H2,1-2H3,(H,18,23)/t11-/m0/s1. The van der Waals surface area contributed by atoms with Crippen molar-refractivity contribution in [3.05, 3.63) is 63.2 Å². The summed E-state index contributed by atoms with van der Waals surface area (Å²) in [6.45, 7) is 3.47. The Morgan fingerprint density at radius 3 is 2.62 bits per heavy atom. The number of halogens is 1. The van der Waals surface area contributed by atoms with Gasteiger partial charge in [-0.3, -0.25) is 4.79 Å². The topological polar surface area (TPSA) is 81.3 Å². The third-order valence-electron chi connectivity index (χ3n) is 3.61. The Kier molecular flexibility index (Phi) is 4.35. The van der Waals surface area contributed by atoms with Crippen molar-refractivity contribution in [1.82, 2.24) is 24.7 Å². The summed E-state index contributed by atoms with van der Waals surface area (Å²) >= 11 is 5.85. The van der Waals surface area contributed by atoms with Crippen LogP contribution < -0.4 is 11.0 Å². The van der Waals surface area contributed by atoms with Gasteiger partial charge in [-0.1, -0.05) is 23.7 Å². The average molecular weight is 346 g/mol. The number of nitrogens with one attached hydrogen (secondary N) is 1.